The zero-order valence-electron chi connectivity index (χ0n) is 12.6. The Morgan fingerprint density at radius 2 is 2.18 bits per heavy atom. The molecule has 120 valence electrons. The molecule has 7 nitrogen and oxygen atoms in total. The van der Waals surface area contributed by atoms with Gasteiger partial charge in [0, 0.05) is 18.7 Å². The minimum atomic E-state index is -0.644. The van der Waals surface area contributed by atoms with Gasteiger partial charge < -0.3 is 10.2 Å². The molecule has 0 saturated carbocycles. The second-order valence-corrected chi connectivity index (χ2v) is 6.53. The van der Waals surface area contributed by atoms with E-state index >= 15 is 0 Å². The molecule has 2 amide bonds. The first-order chi connectivity index (χ1) is 10.4. The molecule has 22 heavy (non-hydrogen) atoms. The van der Waals surface area contributed by atoms with Gasteiger partial charge in [-0.2, -0.15) is 0 Å². The molecule has 2 heterocycles. The van der Waals surface area contributed by atoms with Crippen LogP contribution in [0, 0.1) is 10.1 Å². The van der Waals surface area contributed by atoms with Gasteiger partial charge in [0.15, 0.2) is 0 Å². The molecule has 1 aromatic rings. The van der Waals surface area contributed by atoms with Gasteiger partial charge in [0.05, 0.1) is 9.80 Å². The van der Waals surface area contributed by atoms with E-state index in [1.165, 1.54) is 12.1 Å². The van der Waals surface area contributed by atoms with E-state index in [0.717, 1.165) is 30.6 Å². The quantitative estimate of drug-likeness (QED) is 0.678. The summed E-state index contributed by atoms with van der Waals surface area (Å²) in [4.78, 5) is 36.6. The number of carbonyl (C=O) groups excluding carboxylic acids is 2. The van der Waals surface area contributed by atoms with Crippen LogP contribution in [0.2, 0.25) is 0 Å². The molecule has 1 aromatic heterocycles. The Bertz CT molecular complexity index is 586. The highest BCUT2D eigenvalue weighted by Crippen LogP contribution is 2.24. The normalized spacial score (nSPS) is 19.5. The molecule has 2 atom stereocenters. The number of carbonyl (C=O) groups is 2. The molecule has 0 spiro atoms. The summed E-state index contributed by atoms with van der Waals surface area (Å²) >= 11 is 0.803. The molecule has 0 radical (unpaired) electrons. The van der Waals surface area contributed by atoms with E-state index in [1.807, 2.05) is 6.92 Å². The zero-order valence-corrected chi connectivity index (χ0v) is 13.4. The van der Waals surface area contributed by atoms with Gasteiger partial charge in [-0.15, -0.1) is 0 Å². The third-order valence-corrected chi connectivity index (χ3v) is 4.84. The van der Waals surface area contributed by atoms with E-state index in [0.29, 0.717) is 6.54 Å². The van der Waals surface area contributed by atoms with Gasteiger partial charge in [-0.3, -0.25) is 19.7 Å². The number of rotatable bonds is 4. The van der Waals surface area contributed by atoms with Crippen LogP contribution in [0.4, 0.5) is 5.00 Å². The summed E-state index contributed by atoms with van der Waals surface area (Å²) in [6, 6.07) is 2.23. The largest absolute Gasteiger partial charge is 0.340 e. The number of hydrogen-bond acceptors (Lipinski definition) is 5. The number of nitrogens with zero attached hydrogens (tertiary/aromatic N) is 2. The van der Waals surface area contributed by atoms with Gasteiger partial charge in [-0.25, -0.2) is 0 Å². The minimum absolute atomic E-state index is 0.0891. The third-order valence-electron chi connectivity index (χ3n) is 3.80. The smallest absolute Gasteiger partial charge is 0.324 e. The highest BCUT2D eigenvalue weighted by molar-refractivity contribution is 7.17. The van der Waals surface area contributed by atoms with E-state index in [-0.39, 0.29) is 21.8 Å². The maximum Gasteiger partial charge on any atom is 0.324 e. The van der Waals surface area contributed by atoms with Crippen LogP contribution in [0.3, 0.4) is 0 Å². The molecule has 2 rings (SSSR count). The van der Waals surface area contributed by atoms with Gasteiger partial charge in [0.25, 0.3) is 5.91 Å². The SMILES string of the molecule is C[C@@H]1CCCCN1C(=O)[C@@H](C)NC(=O)c1ccc([N+](=O)[O-])s1. The standard InChI is InChI=1S/C14H19N3O4S/c1-9-5-3-4-8-16(9)14(19)10(2)15-13(18)11-6-7-12(22-11)17(20)21/h6-7,9-10H,3-5,8H2,1-2H3,(H,15,18)/t9-,10-/m1/s1. The Labute approximate surface area is 132 Å². The zero-order chi connectivity index (χ0) is 16.3. The molecule has 0 aliphatic carbocycles. The van der Waals surface area contributed by atoms with Crippen molar-refractivity contribution in [1.82, 2.24) is 10.2 Å². The number of amides is 2. The van der Waals surface area contributed by atoms with Crippen molar-refractivity contribution in [1.29, 1.82) is 0 Å². The van der Waals surface area contributed by atoms with E-state index in [1.54, 1.807) is 11.8 Å². The molecule has 0 unspecified atom stereocenters. The first-order valence-electron chi connectivity index (χ1n) is 7.25. The van der Waals surface area contributed by atoms with Crippen molar-refractivity contribution in [2.24, 2.45) is 0 Å². The van der Waals surface area contributed by atoms with Crippen molar-refractivity contribution in [2.45, 2.75) is 45.2 Å². The van der Waals surface area contributed by atoms with Crippen molar-refractivity contribution < 1.29 is 14.5 Å². The van der Waals surface area contributed by atoms with Crippen LogP contribution >= 0.6 is 11.3 Å². The number of hydrogen-bond donors (Lipinski definition) is 1. The molecular formula is C14H19N3O4S. The van der Waals surface area contributed by atoms with Crippen LogP contribution in [-0.4, -0.2) is 40.3 Å². The van der Waals surface area contributed by atoms with Crippen molar-refractivity contribution in [3.05, 3.63) is 27.1 Å². The van der Waals surface area contributed by atoms with E-state index in [9.17, 15) is 19.7 Å². The number of thiophene rings is 1. The molecule has 0 aromatic carbocycles. The van der Waals surface area contributed by atoms with Crippen LogP contribution in [0.15, 0.2) is 12.1 Å². The summed E-state index contributed by atoms with van der Waals surface area (Å²) in [6.07, 6.45) is 3.07. The minimum Gasteiger partial charge on any atom is -0.340 e. The highest BCUT2D eigenvalue weighted by Gasteiger charge is 2.28. The van der Waals surface area contributed by atoms with Crippen molar-refractivity contribution >= 4 is 28.2 Å². The average molecular weight is 325 g/mol. The monoisotopic (exact) mass is 325 g/mol. The molecule has 1 aliphatic heterocycles. The summed E-state index contributed by atoms with van der Waals surface area (Å²) in [7, 11) is 0. The van der Waals surface area contributed by atoms with Crippen LogP contribution in [0.25, 0.3) is 0 Å². The average Bonchev–Trinajstić information content (AvgIpc) is 2.97. The summed E-state index contributed by atoms with van der Waals surface area (Å²) in [5.74, 6) is -0.560. The van der Waals surface area contributed by atoms with E-state index in [4.69, 9.17) is 0 Å². The van der Waals surface area contributed by atoms with Gasteiger partial charge in [-0.05, 0) is 39.2 Å². The van der Waals surface area contributed by atoms with Crippen LogP contribution in [0.5, 0.6) is 0 Å². The number of piperidine rings is 1. The maximum atomic E-state index is 12.4. The lowest BCUT2D eigenvalue weighted by Gasteiger charge is -2.35. The lowest BCUT2D eigenvalue weighted by molar-refractivity contribution is -0.380. The second-order valence-electron chi connectivity index (χ2n) is 5.47. The third kappa shape index (κ3) is 3.62. The number of nitro groups is 1. The van der Waals surface area contributed by atoms with E-state index < -0.39 is 16.9 Å². The fourth-order valence-corrected chi connectivity index (χ4v) is 3.28. The van der Waals surface area contributed by atoms with Gasteiger partial charge in [0.1, 0.15) is 6.04 Å². The molecule has 1 N–H and O–H groups in total. The predicted octanol–water partition coefficient (Wildman–Crippen LogP) is 2.18. The highest BCUT2D eigenvalue weighted by atomic mass is 32.1. The Balaban J connectivity index is 1.97. The fourth-order valence-electron chi connectivity index (χ4n) is 2.55. The Morgan fingerprint density at radius 1 is 1.45 bits per heavy atom. The molecule has 0 bridgehead atoms. The number of likely N-dealkylation sites (tertiary alicyclic amines) is 1. The lowest BCUT2D eigenvalue weighted by atomic mass is 10.0. The summed E-state index contributed by atoms with van der Waals surface area (Å²) in [6.45, 7) is 4.36. The fraction of sp³-hybridized carbons (Fsp3) is 0.571. The van der Waals surface area contributed by atoms with Crippen molar-refractivity contribution in [3.8, 4) is 0 Å². The topological polar surface area (TPSA) is 92.6 Å². The van der Waals surface area contributed by atoms with Crippen LogP contribution < -0.4 is 5.32 Å². The Hall–Kier alpha value is -1.96. The van der Waals surface area contributed by atoms with Gasteiger partial charge >= 0.3 is 5.00 Å². The maximum absolute atomic E-state index is 12.4. The Kier molecular flexibility index (Phi) is 5.12. The van der Waals surface area contributed by atoms with Gasteiger partial charge in [-0.1, -0.05) is 11.3 Å². The lowest BCUT2D eigenvalue weighted by Crippen LogP contribution is -2.51. The summed E-state index contributed by atoms with van der Waals surface area (Å²) in [5.41, 5.74) is 0. The summed E-state index contributed by atoms with van der Waals surface area (Å²) < 4.78 is 0. The van der Waals surface area contributed by atoms with Crippen LogP contribution in [0.1, 0.15) is 42.8 Å². The molecule has 1 saturated heterocycles. The van der Waals surface area contributed by atoms with E-state index in [2.05, 4.69) is 5.32 Å². The number of nitrogens with one attached hydrogen (secondary N) is 1. The Morgan fingerprint density at radius 3 is 2.77 bits per heavy atom. The molecule has 8 heteroatoms. The first-order valence-corrected chi connectivity index (χ1v) is 8.07. The molecule has 1 aliphatic rings. The van der Waals surface area contributed by atoms with Crippen molar-refractivity contribution in [3.63, 3.8) is 0 Å². The first kappa shape index (κ1) is 16.4. The molecule has 1 fully saturated rings. The second kappa shape index (κ2) is 6.87. The van der Waals surface area contributed by atoms with Gasteiger partial charge in [0.2, 0.25) is 5.91 Å². The van der Waals surface area contributed by atoms with Crippen molar-refractivity contribution in [2.75, 3.05) is 6.54 Å². The van der Waals surface area contributed by atoms with Crippen LogP contribution in [-0.2, 0) is 4.79 Å². The summed E-state index contributed by atoms with van der Waals surface area (Å²) in [5, 5.41) is 13.2. The molecular weight excluding hydrogens is 306 g/mol. The predicted molar refractivity (Wildman–Crippen MR) is 82.9 cm³/mol.